The molecule has 0 saturated heterocycles. The quantitative estimate of drug-likeness (QED) is 0.270. The van der Waals surface area contributed by atoms with E-state index >= 15 is 0 Å². The fraction of sp³-hybridized carbons (Fsp3) is 0.154. The molecule has 0 aliphatic rings. The number of thioether (sulfide) groups is 1. The number of aromatic nitrogens is 4. The number of nitrogens with zero attached hydrogens (tertiary/aromatic N) is 4. The van der Waals surface area contributed by atoms with Crippen molar-refractivity contribution in [2.75, 3.05) is 5.75 Å². The largest absolute Gasteiger partial charge is 0.349 e. The molecule has 8 heteroatoms. The molecule has 170 valence electrons. The molecule has 0 aliphatic carbocycles. The highest BCUT2D eigenvalue weighted by atomic mass is 79.9. The van der Waals surface area contributed by atoms with Crippen molar-refractivity contribution in [2.24, 2.45) is 0 Å². The molecular formula is C26H22BrN5OS. The number of halogens is 1. The van der Waals surface area contributed by atoms with E-state index in [1.807, 2.05) is 67.6 Å². The molecular weight excluding hydrogens is 510 g/mol. The molecule has 0 fully saturated rings. The van der Waals surface area contributed by atoms with E-state index in [0.29, 0.717) is 11.7 Å². The van der Waals surface area contributed by atoms with Gasteiger partial charge in [0, 0.05) is 16.4 Å². The second-order valence-electron chi connectivity index (χ2n) is 7.98. The molecule has 2 heterocycles. The van der Waals surface area contributed by atoms with E-state index in [1.54, 1.807) is 0 Å². The fourth-order valence-electron chi connectivity index (χ4n) is 3.92. The Morgan fingerprint density at radius 1 is 1.00 bits per heavy atom. The maximum absolute atomic E-state index is 12.5. The minimum Gasteiger partial charge on any atom is -0.349 e. The lowest BCUT2D eigenvalue weighted by atomic mass is 10.1. The Morgan fingerprint density at radius 3 is 2.53 bits per heavy atom. The van der Waals surface area contributed by atoms with Crippen molar-refractivity contribution < 1.29 is 4.79 Å². The van der Waals surface area contributed by atoms with E-state index in [-0.39, 0.29) is 17.7 Å². The lowest BCUT2D eigenvalue weighted by Crippen LogP contribution is -2.28. The van der Waals surface area contributed by atoms with Gasteiger partial charge < -0.3 is 9.88 Å². The van der Waals surface area contributed by atoms with Crippen LogP contribution in [0.3, 0.4) is 0 Å². The van der Waals surface area contributed by atoms with Gasteiger partial charge in [0.1, 0.15) is 5.52 Å². The van der Waals surface area contributed by atoms with Crippen molar-refractivity contribution in [2.45, 2.75) is 24.7 Å². The normalized spacial score (nSPS) is 12.2. The number of carbonyl (C=O) groups excluding carboxylic acids is 1. The predicted octanol–water partition coefficient (Wildman–Crippen LogP) is 5.76. The Bertz CT molecular complexity index is 1450. The molecule has 0 bridgehead atoms. The van der Waals surface area contributed by atoms with Crippen molar-refractivity contribution in [1.29, 1.82) is 0 Å². The van der Waals surface area contributed by atoms with Crippen molar-refractivity contribution in [3.05, 3.63) is 94.5 Å². The van der Waals surface area contributed by atoms with Gasteiger partial charge in [0.2, 0.25) is 11.1 Å². The van der Waals surface area contributed by atoms with Crippen LogP contribution in [-0.4, -0.2) is 31.4 Å². The molecule has 1 N–H and O–H groups in total. The first kappa shape index (κ1) is 22.6. The molecule has 3 aromatic carbocycles. The number of hydrogen-bond donors (Lipinski definition) is 1. The Morgan fingerprint density at radius 2 is 1.74 bits per heavy atom. The van der Waals surface area contributed by atoms with Crippen LogP contribution in [0.25, 0.3) is 22.1 Å². The van der Waals surface area contributed by atoms with Gasteiger partial charge in [0.15, 0.2) is 5.65 Å². The van der Waals surface area contributed by atoms with Gasteiger partial charge in [-0.05, 0) is 36.2 Å². The van der Waals surface area contributed by atoms with Gasteiger partial charge in [-0.15, -0.1) is 10.2 Å². The summed E-state index contributed by atoms with van der Waals surface area (Å²) >= 11 is 4.79. The van der Waals surface area contributed by atoms with Gasteiger partial charge in [0.05, 0.1) is 17.3 Å². The fourth-order valence-corrected chi connectivity index (χ4v) is 4.78. The van der Waals surface area contributed by atoms with Gasteiger partial charge in [-0.2, -0.15) is 0 Å². The third-order valence-corrected chi connectivity index (χ3v) is 6.98. The average Bonchev–Trinajstić information content (AvgIpc) is 3.17. The summed E-state index contributed by atoms with van der Waals surface area (Å²) in [6.07, 6.45) is 0. The summed E-state index contributed by atoms with van der Waals surface area (Å²) in [5, 5.41) is 13.3. The predicted molar refractivity (Wildman–Crippen MR) is 140 cm³/mol. The van der Waals surface area contributed by atoms with Gasteiger partial charge >= 0.3 is 0 Å². The van der Waals surface area contributed by atoms with Crippen LogP contribution < -0.4 is 5.32 Å². The molecule has 5 aromatic rings. The van der Waals surface area contributed by atoms with Crippen LogP contribution in [0.5, 0.6) is 0 Å². The maximum Gasteiger partial charge on any atom is 0.230 e. The standard InChI is InChI=1S/C26H22BrN5OS/c1-17(19-7-3-2-4-8-19)28-23(33)16-34-26-29-25-24(30-31-26)21-9-5-6-10-22(21)32(25)15-18-11-13-20(27)14-12-18/h2-14,17H,15-16H2,1H3,(H,28,33). The third-order valence-electron chi connectivity index (χ3n) is 5.62. The van der Waals surface area contributed by atoms with Crippen molar-refractivity contribution in [1.82, 2.24) is 25.1 Å². The highest BCUT2D eigenvalue weighted by molar-refractivity contribution is 9.10. The van der Waals surface area contributed by atoms with E-state index in [1.165, 1.54) is 11.8 Å². The van der Waals surface area contributed by atoms with E-state index in [4.69, 9.17) is 4.98 Å². The number of fused-ring (bicyclic) bond motifs is 3. The van der Waals surface area contributed by atoms with E-state index in [0.717, 1.165) is 37.7 Å². The SMILES string of the molecule is CC(NC(=O)CSc1nnc2c3ccccc3n(Cc3ccc(Br)cc3)c2n1)c1ccccc1. The Hall–Kier alpha value is -3.23. The maximum atomic E-state index is 12.5. The highest BCUT2D eigenvalue weighted by Gasteiger charge is 2.16. The Balaban J connectivity index is 1.38. The summed E-state index contributed by atoms with van der Waals surface area (Å²) in [4.78, 5) is 17.3. The molecule has 1 unspecified atom stereocenters. The lowest BCUT2D eigenvalue weighted by Gasteiger charge is -2.13. The van der Waals surface area contributed by atoms with Crippen molar-refractivity contribution >= 4 is 55.7 Å². The van der Waals surface area contributed by atoms with Gasteiger partial charge in [-0.25, -0.2) is 4.98 Å². The van der Waals surface area contributed by atoms with Crippen LogP contribution in [0, 0.1) is 0 Å². The van der Waals surface area contributed by atoms with E-state index in [9.17, 15) is 4.79 Å². The molecule has 0 spiro atoms. The zero-order valence-electron chi connectivity index (χ0n) is 18.5. The van der Waals surface area contributed by atoms with Gasteiger partial charge in [-0.3, -0.25) is 4.79 Å². The van der Waals surface area contributed by atoms with E-state index < -0.39 is 0 Å². The molecule has 34 heavy (non-hydrogen) atoms. The number of amides is 1. The average molecular weight is 532 g/mol. The van der Waals surface area contributed by atoms with Gasteiger partial charge in [0.25, 0.3) is 0 Å². The highest BCUT2D eigenvalue weighted by Crippen LogP contribution is 2.28. The number of rotatable bonds is 7. The Kier molecular flexibility index (Phi) is 6.60. The summed E-state index contributed by atoms with van der Waals surface area (Å²) in [5.41, 5.74) is 4.81. The van der Waals surface area contributed by atoms with Crippen molar-refractivity contribution in [3.63, 3.8) is 0 Å². The van der Waals surface area contributed by atoms with Crippen LogP contribution in [0.15, 0.2) is 88.5 Å². The van der Waals surface area contributed by atoms with E-state index in [2.05, 4.69) is 54.2 Å². The second kappa shape index (κ2) is 9.95. The second-order valence-corrected chi connectivity index (χ2v) is 9.84. The topological polar surface area (TPSA) is 72.7 Å². The number of carbonyl (C=O) groups is 1. The zero-order chi connectivity index (χ0) is 23.5. The van der Waals surface area contributed by atoms with Crippen LogP contribution in [0.4, 0.5) is 0 Å². The molecule has 1 amide bonds. The monoisotopic (exact) mass is 531 g/mol. The molecule has 0 radical (unpaired) electrons. The number of benzene rings is 3. The summed E-state index contributed by atoms with van der Waals surface area (Å²) in [7, 11) is 0. The first-order valence-electron chi connectivity index (χ1n) is 10.9. The number of nitrogens with one attached hydrogen (secondary N) is 1. The number of para-hydroxylation sites is 1. The molecule has 0 saturated carbocycles. The molecule has 5 rings (SSSR count). The minimum atomic E-state index is -0.0690. The first-order chi connectivity index (χ1) is 16.6. The molecule has 6 nitrogen and oxygen atoms in total. The van der Waals surface area contributed by atoms with Crippen LogP contribution >= 0.6 is 27.7 Å². The minimum absolute atomic E-state index is 0.0655. The smallest absolute Gasteiger partial charge is 0.230 e. The molecule has 0 aliphatic heterocycles. The molecule has 2 aromatic heterocycles. The summed E-state index contributed by atoms with van der Waals surface area (Å²) in [6, 6.07) is 26.2. The van der Waals surface area contributed by atoms with Crippen LogP contribution in [0.2, 0.25) is 0 Å². The van der Waals surface area contributed by atoms with Crippen LogP contribution in [-0.2, 0) is 11.3 Å². The Labute approximate surface area is 209 Å². The number of hydrogen-bond acceptors (Lipinski definition) is 5. The summed E-state index contributed by atoms with van der Waals surface area (Å²) in [5.74, 6) is 0.151. The first-order valence-corrected chi connectivity index (χ1v) is 12.7. The summed E-state index contributed by atoms with van der Waals surface area (Å²) < 4.78 is 3.20. The zero-order valence-corrected chi connectivity index (χ0v) is 20.9. The summed E-state index contributed by atoms with van der Waals surface area (Å²) in [6.45, 7) is 2.64. The molecule has 1 atom stereocenters. The lowest BCUT2D eigenvalue weighted by molar-refractivity contribution is -0.119. The third kappa shape index (κ3) is 4.83. The van der Waals surface area contributed by atoms with Crippen LogP contribution in [0.1, 0.15) is 24.1 Å². The van der Waals surface area contributed by atoms with Crippen molar-refractivity contribution in [3.8, 4) is 0 Å². The van der Waals surface area contributed by atoms with Gasteiger partial charge in [-0.1, -0.05) is 88.4 Å².